The third kappa shape index (κ3) is 3.10. The number of carbonyl (C=O) groups is 1. The number of aromatic nitrogens is 1. The zero-order valence-electron chi connectivity index (χ0n) is 13.6. The van der Waals surface area contributed by atoms with Gasteiger partial charge in [0.25, 0.3) is 0 Å². The fourth-order valence-corrected chi connectivity index (χ4v) is 2.49. The van der Waals surface area contributed by atoms with Crippen molar-refractivity contribution in [3.63, 3.8) is 0 Å². The van der Waals surface area contributed by atoms with E-state index in [4.69, 9.17) is 9.84 Å². The molecule has 2 aromatic carbocycles. The van der Waals surface area contributed by atoms with Crippen molar-refractivity contribution in [1.29, 1.82) is 0 Å². The summed E-state index contributed by atoms with van der Waals surface area (Å²) < 4.78 is 4.97. The molecule has 0 atom stereocenters. The molecule has 0 aliphatic heterocycles. The minimum absolute atomic E-state index is 0.0678. The highest BCUT2D eigenvalue weighted by Gasteiger charge is 2.09. The lowest BCUT2D eigenvalue weighted by molar-refractivity contribution is -0.266. The van der Waals surface area contributed by atoms with Crippen LogP contribution in [0.25, 0.3) is 23.1 Å². The largest absolute Gasteiger partial charge is 0.870 e. The maximum Gasteiger partial charge on any atom is 0.335 e. The number of carboxylic acids is 1. The zero-order valence-corrected chi connectivity index (χ0v) is 13.6. The first-order valence-corrected chi connectivity index (χ1v) is 7.53. The van der Waals surface area contributed by atoms with Crippen molar-refractivity contribution in [3.8, 4) is 23.0 Å². The number of rotatable bonds is 4. The Kier molecular flexibility index (Phi) is 4.36. The number of phenolic OH excluding ortho intramolecular Hbond substituents is 2. The van der Waals surface area contributed by atoms with Crippen LogP contribution in [0.5, 0.6) is 23.0 Å². The molecular weight excluding hydrogens is 338 g/mol. The molecule has 0 spiro atoms. The van der Waals surface area contributed by atoms with Crippen LogP contribution in [0.15, 0.2) is 36.4 Å². The number of benzene rings is 2. The zero-order chi connectivity index (χ0) is 18.8. The van der Waals surface area contributed by atoms with E-state index in [1.807, 2.05) is 0 Å². The van der Waals surface area contributed by atoms with Gasteiger partial charge in [-0.05, 0) is 41.3 Å². The number of ether oxygens (including phenoxy) is 1. The lowest BCUT2D eigenvalue weighted by Crippen LogP contribution is -2.05. The lowest BCUT2D eigenvalue weighted by atomic mass is 10.1. The van der Waals surface area contributed by atoms with Crippen LogP contribution in [0, 0.1) is 0 Å². The van der Waals surface area contributed by atoms with Crippen LogP contribution in [0.2, 0.25) is 0 Å². The number of aromatic hydroxyl groups is 2. The van der Waals surface area contributed by atoms with Gasteiger partial charge >= 0.3 is 5.97 Å². The molecule has 132 valence electrons. The summed E-state index contributed by atoms with van der Waals surface area (Å²) in [6, 6.07) is 9.00. The van der Waals surface area contributed by atoms with Gasteiger partial charge < -0.3 is 25.2 Å². The second-order valence-electron chi connectivity index (χ2n) is 5.48. The Balaban J connectivity index is 2.01. The lowest BCUT2D eigenvalue weighted by Gasteiger charge is -2.13. The molecular formula is C19H14NO6-. The molecule has 7 nitrogen and oxygen atoms in total. The van der Waals surface area contributed by atoms with Crippen molar-refractivity contribution < 1.29 is 30.0 Å². The van der Waals surface area contributed by atoms with Crippen molar-refractivity contribution >= 4 is 29.0 Å². The third-order valence-electron chi connectivity index (χ3n) is 3.81. The van der Waals surface area contributed by atoms with Gasteiger partial charge in [-0.2, -0.15) is 0 Å². The first kappa shape index (κ1) is 17.1. The monoisotopic (exact) mass is 352 g/mol. The number of aromatic carboxylic acids is 1. The van der Waals surface area contributed by atoms with Gasteiger partial charge in [-0.3, -0.25) is 0 Å². The molecule has 3 rings (SSSR count). The second-order valence-corrected chi connectivity index (χ2v) is 5.48. The molecule has 0 saturated carbocycles. The predicted octanol–water partition coefficient (Wildman–Crippen LogP) is 2.60. The Hall–Kier alpha value is -3.74. The highest BCUT2D eigenvalue weighted by molar-refractivity contribution is 5.98. The topological polar surface area (TPSA) is 123 Å². The Morgan fingerprint density at radius 3 is 2.58 bits per heavy atom. The molecule has 1 aromatic heterocycles. The maximum atomic E-state index is 12.2. The fourth-order valence-electron chi connectivity index (χ4n) is 2.49. The summed E-state index contributed by atoms with van der Waals surface area (Å²) in [5.41, 5.74) is 0.710. The Bertz CT molecular complexity index is 1040. The molecule has 0 amide bonds. The average Bonchev–Trinajstić information content (AvgIpc) is 2.62. The van der Waals surface area contributed by atoms with Crippen LogP contribution in [0.3, 0.4) is 0 Å². The van der Waals surface area contributed by atoms with Crippen LogP contribution >= 0.6 is 0 Å². The van der Waals surface area contributed by atoms with E-state index in [1.54, 1.807) is 24.3 Å². The summed E-state index contributed by atoms with van der Waals surface area (Å²) in [6.45, 7) is 0. The molecule has 0 aliphatic rings. The molecule has 3 aromatic rings. The van der Waals surface area contributed by atoms with E-state index in [2.05, 4.69) is 4.98 Å². The van der Waals surface area contributed by atoms with E-state index in [0.717, 1.165) is 0 Å². The predicted molar refractivity (Wildman–Crippen MR) is 93.4 cm³/mol. The van der Waals surface area contributed by atoms with Crippen molar-refractivity contribution in [1.82, 2.24) is 4.98 Å². The minimum Gasteiger partial charge on any atom is -0.870 e. The van der Waals surface area contributed by atoms with Crippen molar-refractivity contribution in [2.75, 3.05) is 7.11 Å². The number of nitrogens with zero attached hydrogens (tertiary/aromatic N) is 1. The Labute approximate surface area is 148 Å². The van der Waals surface area contributed by atoms with Crippen LogP contribution in [-0.2, 0) is 0 Å². The van der Waals surface area contributed by atoms with E-state index in [0.29, 0.717) is 16.6 Å². The molecule has 0 bridgehead atoms. The molecule has 26 heavy (non-hydrogen) atoms. The highest BCUT2D eigenvalue weighted by Crippen LogP contribution is 2.36. The van der Waals surface area contributed by atoms with Crippen LogP contribution in [0.4, 0.5) is 0 Å². The number of hydrogen-bond donors (Lipinski definition) is 3. The molecule has 1 heterocycles. The molecule has 0 radical (unpaired) electrons. The number of hydrogen-bond acceptors (Lipinski definition) is 6. The van der Waals surface area contributed by atoms with Crippen molar-refractivity contribution in [3.05, 3.63) is 53.2 Å². The van der Waals surface area contributed by atoms with Crippen molar-refractivity contribution in [2.45, 2.75) is 0 Å². The summed E-state index contributed by atoms with van der Waals surface area (Å²) in [5, 5.41) is 41.1. The molecule has 0 aliphatic carbocycles. The van der Waals surface area contributed by atoms with Gasteiger partial charge in [0.15, 0.2) is 11.5 Å². The quantitative estimate of drug-likeness (QED) is 0.617. The van der Waals surface area contributed by atoms with E-state index < -0.39 is 11.7 Å². The summed E-state index contributed by atoms with van der Waals surface area (Å²) in [7, 11) is 1.36. The van der Waals surface area contributed by atoms with Gasteiger partial charge in [-0.25, -0.2) is 9.78 Å². The van der Waals surface area contributed by atoms with E-state index >= 15 is 0 Å². The van der Waals surface area contributed by atoms with Crippen LogP contribution in [0.1, 0.15) is 21.6 Å². The second kappa shape index (κ2) is 6.64. The highest BCUT2D eigenvalue weighted by atomic mass is 16.5. The summed E-state index contributed by atoms with van der Waals surface area (Å²) in [5.74, 6) is -2.52. The number of fused-ring (bicyclic) bond motifs is 1. The Morgan fingerprint density at radius 1 is 1.15 bits per heavy atom. The number of methoxy groups -OCH3 is 1. The van der Waals surface area contributed by atoms with E-state index in [-0.39, 0.29) is 28.3 Å². The Morgan fingerprint density at radius 2 is 1.88 bits per heavy atom. The van der Waals surface area contributed by atoms with E-state index in [1.165, 1.54) is 31.4 Å². The minimum atomic E-state index is -1.30. The molecule has 0 fully saturated rings. The van der Waals surface area contributed by atoms with Crippen LogP contribution < -0.4 is 9.84 Å². The number of pyridine rings is 1. The average molecular weight is 352 g/mol. The fraction of sp³-hybridized carbons (Fsp3) is 0.0526. The van der Waals surface area contributed by atoms with Gasteiger partial charge in [-0.15, -0.1) is 0 Å². The molecule has 7 heteroatoms. The smallest absolute Gasteiger partial charge is 0.335 e. The molecule has 0 unspecified atom stereocenters. The molecule has 0 saturated heterocycles. The first-order chi connectivity index (χ1) is 12.4. The maximum absolute atomic E-state index is 12.2. The van der Waals surface area contributed by atoms with Gasteiger partial charge in [-0.1, -0.05) is 24.0 Å². The van der Waals surface area contributed by atoms with Gasteiger partial charge in [0.05, 0.1) is 23.9 Å². The normalized spacial score (nSPS) is 11.1. The van der Waals surface area contributed by atoms with Crippen molar-refractivity contribution in [2.24, 2.45) is 0 Å². The van der Waals surface area contributed by atoms with Crippen LogP contribution in [-0.4, -0.2) is 33.4 Å². The third-order valence-corrected chi connectivity index (χ3v) is 3.81. The number of carboxylic acid groups (broad SMARTS) is 1. The van der Waals surface area contributed by atoms with Gasteiger partial charge in [0.1, 0.15) is 0 Å². The standard InChI is InChI=1S/C19H15NO6/c1-26-15-9-10(8-14(21)18(15)23)2-5-12-6-3-11-4-7-13(19(24)25)17(22)16(11)20-12/h2-9,21-23H,1H3,(H,24,25)/p-1/b5-2+. The van der Waals surface area contributed by atoms with E-state index in [9.17, 15) is 20.1 Å². The summed E-state index contributed by atoms with van der Waals surface area (Å²) >= 11 is 0. The summed E-state index contributed by atoms with van der Waals surface area (Å²) in [4.78, 5) is 15.3. The number of phenols is 2. The first-order valence-electron chi connectivity index (χ1n) is 7.53. The van der Waals surface area contributed by atoms with Gasteiger partial charge in [0.2, 0.25) is 5.75 Å². The summed E-state index contributed by atoms with van der Waals surface area (Å²) in [6.07, 6.45) is 3.21. The van der Waals surface area contributed by atoms with Gasteiger partial charge in [0, 0.05) is 0 Å². The molecule has 3 N–H and O–H groups in total. The SMILES string of the molecule is COc1cc(/C=C/c2ccc3ccc(C(=O)O)c([O-])c3n2)cc(O)c1O.